The number of hydrazone groups is 6. The number of thiocarbonyl (C=S) groups is 6. The van der Waals surface area contributed by atoms with Gasteiger partial charge in [-0.15, -0.1) is 0 Å². The summed E-state index contributed by atoms with van der Waals surface area (Å²) in [5.41, 5.74) is 28.3. The number of aromatic nitrogens is 8. The Morgan fingerprint density at radius 3 is 1.03 bits per heavy atom. The van der Waals surface area contributed by atoms with Gasteiger partial charge in [0.05, 0.1) is 110 Å². The second-order valence-corrected chi connectivity index (χ2v) is 43.2. The number of ether oxygens (including phenoxy) is 6. The summed E-state index contributed by atoms with van der Waals surface area (Å²) in [6.45, 7) is 27.2. The average Bonchev–Trinajstić information content (AvgIpc) is 0.825. The van der Waals surface area contributed by atoms with Crippen LogP contribution < -0.4 is 81.4 Å². The number of pyridine rings is 8. The molecule has 4 atom stereocenters. The van der Waals surface area contributed by atoms with Gasteiger partial charge in [0, 0.05) is 291 Å². The molecule has 8 aromatic heterocycles. The number of piperazine rings is 6. The van der Waals surface area contributed by atoms with Crippen molar-refractivity contribution in [3.8, 4) is 34.5 Å². The van der Waals surface area contributed by atoms with Gasteiger partial charge in [0.25, 0.3) is 0 Å². The molecule has 0 spiro atoms. The molecule has 0 radical (unpaired) electrons. The van der Waals surface area contributed by atoms with Crippen LogP contribution in [0.5, 0.6) is 34.5 Å². The van der Waals surface area contributed by atoms with Crippen molar-refractivity contribution in [2.75, 3.05) is 193 Å². The third kappa shape index (κ3) is 31.3. The highest BCUT2D eigenvalue weighted by Gasteiger charge is 2.34. The van der Waals surface area contributed by atoms with Crippen molar-refractivity contribution in [1.82, 2.24) is 122 Å². The van der Waals surface area contributed by atoms with Crippen molar-refractivity contribution < 1.29 is 36.8 Å². The van der Waals surface area contributed by atoms with E-state index >= 15 is 0 Å². The van der Waals surface area contributed by atoms with Crippen LogP contribution in [0.1, 0.15) is 113 Å². The van der Waals surface area contributed by atoms with Crippen molar-refractivity contribution >= 4 is 229 Å². The summed E-state index contributed by atoms with van der Waals surface area (Å²) in [7, 11) is -3.16. The van der Waals surface area contributed by atoms with Gasteiger partial charge in [-0.1, -0.05) is 82.1 Å². The molecule has 0 bridgehead atoms. The summed E-state index contributed by atoms with van der Waals surface area (Å²) in [6, 6.07) is 22.4. The van der Waals surface area contributed by atoms with Crippen molar-refractivity contribution in [2.24, 2.45) is 30.6 Å². The summed E-state index contributed by atoms with van der Waals surface area (Å²) >= 11 is 68.6. The Morgan fingerprint density at radius 1 is 0.362 bits per heavy atom. The molecule has 21 rings (SSSR count). The zero-order valence-corrected chi connectivity index (χ0v) is 92.7. The Labute approximate surface area is 928 Å². The number of fused-ring (bicyclic) bond motifs is 7. The maximum atomic E-state index is 11.5. The van der Waals surface area contributed by atoms with Crippen molar-refractivity contribution in [1.29, 1.82) is 0 Å². The molecule has 13 aliphatic rings. The summed E-state index contributed by atoms with van der Waals surface area (Å²) in [5, 5.41) is 40.5. The Bertz CT molecular complexity index is 6250. The van der Waals surface area contributed by atoms with Gasteiger partial charge in [-0.25, -0.2) is 43.3 Å². The number of rotatable bonds is 9. The normalized spacial score (nSPS) is 21.5. The van der Waals surface area contributed by atoms with Gasteiger partial charge < -0.3 is 78.3 Å². The first-order chi connectivity index (χ1) is 72.1. The van der Waals surface area contributed by atoms with Crippen LogP contribution in [0.3, 0.4) is 0 Å². The Balaban J connectivity index is 0.000000128. The first-order valence-corrected chi connectivity index (χ1v) is 55.6. The van der Waals surface area contributed by atoms with Gasteiger partial charge in [-0.2, -0.15) is 34.9 Å². The van der Waals surface area contributed by atoms with Crippen LogP contribution in [-0.4, -0.2) is 359 Å². The van der Waals surface area contributed by atoms with E-state index < -0.39 is 10.0 Å². The number of piperidine rings is 1. The maximum absolute atomic E-state index is 11.5. The third-order valence-electron chi connectivity index (χ3n) is 25.6. The summed E-state index contributed by atoms with van der Waals surface area (Å²) < 4.78 is 58.0. The standard InChI is InChI=1S/2C18H19ClN6OS.C17H22ClN5OS.C15H20ClN5OS.C14H18ClN5O3S2.C14H18ClN5OS/c19-13-11-16-17(21-12-13)15(3-10-26-16)22-23-18(27)25-8-6-24(7-9-25)14-1-4-20-5-2-14;19-13-11-15-17(21-12-13)14(4-10-26-15)22-23-18(27)25-8-6-24(7-9-25)16-3-1-2-5-20-16;18-12-9-15-16(19-10-12)14(4-8-24-15)20-21-17(25)23-7-6-22-5-2-1-3-13(22)11-23;1-9-7-21(8-10(2)18-9)15(23)20-19-12-3-4-22-13-5-11(16)6-17-14(12)13;1-25(21,22)20-5-3-19(4-6-20)14(24)18-17-11-2-7-23-12-8-10(15)9-16-13(11)12;1-9-8-20(4-3-16-9)14(22)19-18-11-2-5-21-12-6-10(15)7-17-13(11)12/h1-2,4-5,11-12H,3,6-10H2,(H,23,27);1-3,5,11-12H,4,6-10H2,(H,23,27);9-10,13H,1-8,11H2,(H,21,25);5-6,9-10,18H,3-4,7-8H2,1-2H3,(H,20,23);8-9H,2-7H2,1H3,(H,18,24);6-7,9,16H,2-5,8H2,1H3,(H,19,22)/b22-15-;22-14-;20-14-;19-12-;17-11-;18-11-/t;;;9-,10+;;. The van der Waals surface area contributed by atoms with Gasteiger partial charge in [-0.3, -0.25) is 42.4 Å². The van der Waals surface area contributed by atoms with E-state index in [9.17, 15) is 8.42 Å². The second-order valence-electron chi connectivity index (χ2n) is 36.2. The fourth-order valence-corrected chi connectivity index (χ4v) is 21.1. The van der Waals surface area contributed by atoms with E-state index in [2.05, 4.69) is 174 Å². The lowest BCUT2D eigenvalue weighted by Crippen LogP contribution is -2.57. The maximum Gasteiger partial charge on any atom is 0.211 e. The quantitative estimate of drug-likeness (QED) is 0.0491. The first kappa shape index (κ1) is 111. The van der Waals surface area contributed by atoms with Crippen molar-refractivity contribution in [2.45, 2.75) is 103 Å². The molecular weight excluding hydrogens is 2170 g/mol. The van der Waals surface area contributed by atoms with Crippen LogP contribution in [0.4, 0.5) is 11.5 Å². The third-order valence-corrected chi connectivity index (χ3v) is 30.2. The number of halogens is 6. The topological polar surface area (TPSA) is 395 Å². The fraction of sp³-hybridized carbons (Fsp3) is 0.458. The number of nitrogens with zero attached hydrogens (tertiary/aromatic N) is 24. The van der Waals surface area contributed by atoms with Crippen LogP contribution in [-0.2, 0) is 10.0 Å². The van der Waals surface area contributed by atoms with E-state index in [0.717, 1.165) is 162 Å². The average molecular weight is 2280 g/mol. The van der Waals surface area contributed by atoms with Gasteiger partial charge in [0.15, 0.2) is 30.7 Å². The highest BCUT2D eigenvalue weighted by atomic mass is 35.5. The van der Waals surface area contributed by atoms with Crippen LogP contribution in [0.2, 0.25) is 30.1 Å². The van der Waals surface area contributed by atoms with E-state index in [1.807, 2.05) is 53.8 Å². The highest BCUT2D eigenvalue weighted by molar-refractivity contribution is 7.88. The van der Waals surface area contributed by atoms with Gasteiger partial charge >= 0.3 is 0 Å². The molecule has 53 heteroatoms. The van der Waals surface area contributed by atoms with E-state index in [4.69, 9.17) is 171 Å². The first-order valence-electron chi connectivity index (χ1n) is 49.0. The summed E-state index contributed by atoms with van der Waals surface area (Å²) in [5.74, 6) is 4.93. The van der Waals surface area contributed by atoms with Crippen molar-refractivity contribution in [3.63, 3.8) is 0 Å². The molecule has 13 aliphatic heterocycles. The number of anilines is 2. The monoisotopic (exact) mass is 2280 g/mol. The largest absolute Gasteiger partial charge is 0.491 e. The summed E-state index contributed by atoms with van der Waals surface area (Å²) in [4.78, 5) is 54.2. The van der Waals surface area contributed by atoms with E-state index in [1.54, 1.807) is 73.6 Å². The molecule has 8 aromatic rings. The number of nitrogens with one attached hydrogen (secondary N) is 8. The SMILES string of the molecule is CC1CN(C(=S)N/N=C2/CCOc3cc(Cl)cnc32)CCN1.CS(=O)(=O)N1CCN(C(=S)N/N=C2/CCOc3cc(Cl)cnc32)CC1.C[C@@H]1CN(C(=S)N/N=C2/CCOc3cc(Cl)cnc32)C[C@H](C)N1.S=C(N/N=C1/CCOc2cc(Cl)cnc21)N1CCN(c2ccccn2)CC1.S=C(N/N=C1/CCOc2cc(Cl)cnc21)N1CCN(c2ccncc2)CC1.S=C(N/N=C1/CCOc2cc(Cl)cnc21)N1CCN2CCCCC2C1. The van der Waals surface area contributed by atoms with Gasteiger partial charge in [0.2, 0.25) is 10.0 Å². The number of hydrogen-bond acceptors (Lipinski definition) is 33. The van der Waals surface area contributed by atoms with E-state index in [1.165, 1.54) is 42.1 Å². The highest BCUT2D eigenvalue weighted by Crippen LogP contribution is 2.34. The molecule has 149 heavy (non-hydrogen) atoms. The predicted octanol–water partition coefficient (Wildman–Crippen LogP) is 10.7. The van der Waals surface area contributed by atoms with E-state index in [0.29, 0.717) is 241 Å². The van der Waals surface area contributed by atoms with Crippen LogP contribution in [0, 0.1) is 0 Å². The molecule has 792 valence electrons. The molecule has 0 amide bonds. The second kappa shape index (κ2) is 54.0. The molecular formula is C96H116Cl6N32O8S7. The minimum absolute atomic E-state index is 0.402. The molecule has 40 nitrogen and oxygen atoms in total. The molecule has 8 N–H and O–H groups in total. The summed E-state index contributed by atoms with van der Waals surface area (Å²) in [6.07, 6.45) is 24.2. The zero-order chi connectivity index (χ0) is 104. The Kier molecular flexibility index (Phi) is 40.2. The van der Waals surface area contributed by atoms with Gasteiger partial charge in [-0.05, 0) is 138 Å². The Morgan fingerprint density at radius 2 is 0.685 bits per heavy atom. The zero-order valence-electron chi connectivity index (χ0n) is 82.4. The lowest BCUT2D eigenvalue weighted by molar-refractivity contribution is 0.0799. The van der Waals surface area contributed by atoms with Crippen LogP contribution in [0.15, 0.2) is 153 Å². The molecule has 0 aromatic carbocycles. The molecule has 21 heterocycles. The van der Waals surface area contributed by atoms with Crippen molar-refractivity contribution in [3.05, 3.63) is 187 Å². The Hall–Kier alpha value is -10.7. The van der Waals surface area contributed by atoms with Crippen LogP contribution in [0.25, 0.3) is 0 Å². The smallest absolute Gasteiger partial charge is 0.211 e. The van der Waals surface area contributed by atoms with E-state index in [-0.39, 0.29) is 0 Å². The molecule has 7 fully saturated rings. The molecule has 0 saturated carbocycles. The molecule has 2 unspecified atom stereocenters. The predicted molar refractivity (Wildman–Crippen MR) is 607 cm³/mol. The number of sulfonamides is 1. The van der Waals surface area contributed by atoms with Crippen LogP contribution >= 0.6 is 143 Å². The minimum atomic E-state index is -3.16. The molecule has 0 aliphatic carbocycles. The fourth-order valence-electron chi connectivity index (χ4n) is 18.1. The lowest BCUT2D eigenvalue weighted by Gasteiger charge is -2.44. The number of hydrogen-bond donors (Lipinski definition) is 8. The lowest BCUT2D eigenvalue weighted by atomic mass is 10.00. The molecule has 7 saturated heterocycles. The van der Waals surface area contributed by atoms with Gasteiger partial charge in [0.1, 0.15) is 74.5 Å². The minimum Gasteiger partial charge on any atom is -0.491 e.